The molecule has 1 atom stereocenters. The topological polar surface area (TPSA) is 68.7 Å². The minimum atomic E-state index is 0. The fraction of sp³-hybridized carbons (Fsp3) is 0.733. The van der Waals surface area contributed by atoms with Gasteiger partial charge in [0, 0.05) is 62.7 Å². The predicted molar refractivity (Wildman–Crippen MR) is 154 cm³/mol. The van der Waals surface area contributed by atoms with Crippen molar-refractivity contribution < 1.29 is 15.6 Å². The summed E-state index contributed by atoms with van der Waals surface area (Å²) in [4.78, 5) is 13.3. The summed E-state index contributed by atoms with van der Waals surface area (Å²) in [6, 6.07) is 4.90. The van der Waals surface area contributed by atoms with Crippen LogP contribution in [0.3, 0.4) is 0 Å². The first-order chi connectivity index (χ1) is 18.7. The smallest absolute Gasteiger partial charge is 0.213 e. The van der Waals surface area contributed by atoms with Crippen molar-refractivity contribution in [1.29, 1.82) is 0 Å². The third-order valence-electron chi connectivity index (χ3n) is 8.38. The first-order valence-electron chi connectivity index (χ1n) is 15.0. The largest absolute Gasteiger partial charge is 0.472 e. The number of aromatic nitrogens is 2. The van der Waals surface area contributed by atoms with E-state index in [0.29, 0.717) is 19.4 Å². The summed E-state index contributed by atoms with van der Waals surface area (Å²) in [5, 5.41) is 4.85. The molecule has 0 aromatic carbocycles. The first kappa shape index (κ1) is 28.0. The molecule has 8 heteroatoms. The minimum Gasteiger partial charge on any atom is -0.472 e. The predicted octanol–water partition coefficient (Wildman–Crippen LogP) is 5.06. The van der Waals surface area contributed by atoms with Gasteiger partial charge in [0.2, 0.25) is 5.88 Å². The van der Waals surface area contributed by atoms with Crippen molar-refractivity contribution in [2.45, 2.75) is 89.7 Å². The zero-order valence-electron chi connectivity index (χ0n) is 23.2. The van der Waals surface area contributed by atoms with Gasteiger partial charge in [0.1, 0.15) is 6.10 Å². The SMILES string of the molecule is CCc1ncc(CCOCNC2CCC(CCCN3CCc4ccc(OC5CCOC5)nc4CC3)CC2)s1.[HH]. The maximum atomic E-state index is 6.04. The lowest BCUT2D eigenvalue weighted by Gasteiger charge is -2.30. The summed E-state index contributed by atoms with van der Waals surface area (Å²) in [7, 11) is 0. The van der Waals surface area contributed by atoms with Gasteiger partial charge in [-0.25, -0.2) is 9.97 Å². The Kier molecular flexibility index (Phi) is 10.8. The third-order valence-corrected chi connectivity index (χ3v) is 9.59. The zero-order chi connectivity index (χ0) is 26.0. The Labute approximate surface area is 234 Å². The van der Waals surface area contributed by atoms with Crippen LogP contribution in [-0.2, 0) is 35.2 Å². The molecule has 0 radical (unpaired) electrons. The van der Waals surface area contributed by atoms with E-state index in [9.17, 15) is 0 Å². The average molecular weight is 545 g/mol. The van der Waals surface area contributed by atoms with Gasteiger partial charge in [-0.2, -0.15) is 0 Å². The highest BCUT2D eigenvalue weighted by Crippen LogP contribution is 2.28. The summed E-state index contributed by atoms with van der Waals surface area (Å²) in [5.41, 5.74) is 2.62. The Balaban J connectivity index is 0.00000353. The van der Waals surface area contributed by atoms with Gasteiger partial charge in [-0.3, -0.25) is 5.32 Å². The summed E-state index contributed by atoms with van der Waals surface area (Å²) < 4.78 is 17.3. The number of fused-ring (bicyclic) bond motifs is 1. The van der Waals surface area contributed by atoms with E-state index in [1.807, 2.05) is 17.5 Å². The molecule has 1 unspecified atom stereocenters. The second-order valence-electron chi connectivity index (χ2n) is 11.1. The van der Waals surface area contributed by atoms with E-state index < -0.39 is 0 Å². The molecule has 2 aromatic heterocycles. The minimum absolute atomic E-state index is 0. The second-order valence-corrected chi connectivity index (χ2v) is 12.3. The van der Waals surface area contributed by atoms with Crippen LogP contribution in [-0.4, -0.2) is 73.2 Å². The van der Waals surface area contributed by atoms with Gasteiger partial charge in [-0.15, -0.1) is 11.3 Å². The first-order valence-corrected chi connectivity index (χ1v) is 15.8. The summed E-state index contributed by atoms with van der Waals surface area (Å²) in [5.74, 6) is 1.66. The summed E-state index contributed by atoms with van der Waals surface area (Å²) >= 11 is 1.81. The number of pyridine rings is 1. The number of aryl methyl sites for hydroxylation is 1. The maximum Gasteiger partial charge on any atom is 0.213 e. The van der Waals surface area contributed by atoms with Gasteiger partial charge in [-0.1, -0.05) is 13.0 Å². The molecule has 3 aliphatic rings. The molecule has 0 bridgehead atoms. The quantitative estimate of drug-likeness (QED) is 0.279. The van der Waals surface area contributed by atoms with Crippen molar-refractivity contribution in [2.75, 3.05) is 46.2 Å². The van der Waals surface area contributed by atoms with Crippen LogP contribution in [0, 0.1) is 5.92 Å². The molecule has 2 aromatic rings. The van der Waals surface area contributed by atoms with E-state index in [4.69, 9.17) is 19.2 Å². The van der Waals surface area contributed by atoms with Crippen molar-refractivity contribution in [1.82, 2.24) is 20.2 Å². The highest BCUT2D eigenvalue weighted by Gasteiger charge is 2.22. The van der Waals surface area contributed by atoms with Gasteiger partial charge in [0.25, 0.3) is 0 Å². The molecule has 7 nitrogen and oxygen atoms in total. The lowest BCUT2D eigenvalue weighted by atomic mass is 9.83. The molecule has 2 aliphatic heterocycles. The van der Waals surface area contributed by atoms with Crippen LogP contribution >= 0.6 is 11.3 Å². The molecule has 5 rings (SSSR count). The van der Waals surface area contributed by atoms with E-state index in [-0.39, 0.29) is 7.53 Å². The Bertz CT molecular complexity index is 979. The van der Waals surface area contributed by atoms with Gasteiger partial charge in [0.15, 0.2) is 0 Å². The van der Waals surface area contributed by atoms with E-state index in [2.05, 4.69) is 34.3 Å². The van der Waals surface area contributed by atoms with E-state index in [1.54, 1.807) is 0 Å². The summed E-state index contributed by atoms with van der Waals surface area (Å²) in [6.45, 7) is 8.55. The number of rotatable bonds is 13. The van der Waals surface area contributed by atoms with Gasteiger partial charge in [-0.05, 0) is 69.4 Å². The lowest BCUT2D eigenvalue weighted by Crippen LogP contribution is -2.35. The van der Waals surface area contributed by atoms with Crippen molar-refractivity contribution in [3.05, 3.63) is 39.5 Å². The Hall–Kier alpha value is -1.58. The molecule has 1 saturated heterocycles. The Morgan fingerprint density at radius 3 is 2.87 bits per heavy atom. The number of thiazole rings is 1. The molecule has 38 heavy (non-hydrogen) atoms. The highest BCUT2D eigenvalue weighted by molar-refractivity contribution is 7.11. The Morgan fingerprint density at radius 2 is 2.05 bits per heavy atom. The molecule has 1 N–H and O–H groups in total. The van der Waals surface area contributed by atoms with Gasteiger partial charge >= 0.3 is 0 Å². The molecular formula is C30H48N4O3S. The number of ether oxygens (including phenoxy) is 3. The molecule has 2 fully saturated rings. The van der Waals surface area contributed by atoms with Crippen LogP contribution < -0.4 is 10.1 Å². The molecule has 4 heterocycles. The molecular weight excluding hydrogens is 496 g/mol. The second kappa shape index (κ2) is 14.7. The molecule has 0 amide bonds. The van der Waals surface area contributed by atoms with E-state index in [0.717, 1.165) is 70.2 Å². The van der Waals surface area contributed by atoms with Gasteiger partial charge < -0.3 is 19.1 Å². The van der Waals surface area contributed by atoms with Crippen LogP contribution in [0.1, 0.15) is 74.4 Å². The highest BCUT2D eigenvalue weighted by atomic mass is 32.1. The fourth-order valence-electron chi connectivity index (χ4n) is 5.98. The van der Waals surface area contributed by atoms with Gasteiger partial charge in [0.05, 0.1) is 31.6 Å². The standard InChI is InChI=1S/C30H46N4O3S.H2/c1-2-30-31-20-27(38-30)14-19-36-22-32-25-8-5-23(6-9-25)4-3-15-34-16-11-24-7-10-29(33-28(24)12-17-34)37-26-13-18-35-21-26;/h7,10,20,23,25-26,32H,2-6,8-9,11-19,21-22H2,1H3;1H. The molecule has 1 aliphatic carbocycles. The maximum absolute atomic E-state index is 6.04. The van der Waals surface area contributed by atoms with Crippen LogP contribution in [0.15, 0.2) is 18.3 Å². The van der Waals surface area contributed by atoms with E-state index >= 15 is 0 Å². The van der Waals surface area contributed by atoms with Crippen molar-refractivity contribution in [3.8, 4) is 5.88 Å². The summed E-state index contributed by atoms with van der Waals surface area (Å²) in [6.07, 6.45) is 15.2. The van der Waals surface area contributed by atoms with Crippen LogP contribution in [0.5, 0.6) is 5.88 Å². The number of nitrogens with one attached hydrogen (secondary N) is 1. The monoisotopic (exact) mass is 544 g/mol. The number of nitrogens with zero attached hydrogens (tertiary/aromatic N) is 3. The molecule has 0 spiro atoms. The average Bonchev–Trinajstić information content (AvgIpc) is 3.59. The zero-order valence-corrected chi connectivity index (χ0v) is 24.0. The molecule has 212 valence electrons. The van der Waals surface area contributed by atoms with Crippen LogP contribution in [0.4, 0.5) is 0 Å². The normalized spacial score (nSPS) is 24.3. The van der Waals surface area contributed by atoms with Crippen molar-refractivity contribution >= 4 is 11.3 Å². The lowest BCUT2D eigenvalue weighted by molar-refractivity contribution is 0.102. The third kappa shape index (κ3) is 8.46. The van der Waals surface area contributed by atoms with Crippen molar-refractivity contribution in [3.63, 3.8) is 0 Å². The van der Waals surface area contributed by atoms with Crippen molar-refractivity contribution in [2.24, 2.45) is 5.92 Å². The molecule has 1 saturated carbocycles. The van der Waals surface area contributed by atoms with Crippen LogP contribution in [0.25, 0.3) is 0 Å². The Morgan fingerprint density at radius 1 is 1.16 bits per heavy atom. The van der Waals surface area contributed by atoms with E-state index in [1.165, 1.54) is 66.2 Å². The fourth-order valence-corrected chi connectivity index (χ4v) is 6.83. The number of hydrogen-bond donors (Lipinski definition) is 1. The van der Waals surface area contributed by atoms with Crippen LogP contribution in [0.2, 0.25) is 0 Å². The number of hydrogen-bond acceptors (Lipinski definition) is 8.